The van der Waals surface area contributed by atoms with Crippen molar-refractivity contribution >= 4 is 46.1 Å². The number of amides is 2. The van der Waals surface area contributed by atoms with Crippen molar-refractivity contribution in [3.8, 4) is 9.88 Å². The quantitative estimate of drug-likeness (QED) is 0.539. The highest BCUT2D eigenvalue weighted by atomic mass is 35.5. The van der Waals surface area contributed by atoms with Gasteiger partial charge in [0.15, 0.2) is 0 Å². The summed E-state index contributed by atoms with van der Waals surface area (Å²) in [5, 5.41) is 2.82. The molecule has 2 amide bonds. The van der Waals surface area contributed by atoms with Crippen molar-refractivity contribution in [1.82, 2.24) is 14.8 Å². The van der Waals surface area contributed by atoms with Crippen LogP contribution in [0.1, 0.15) is 25.1 Å². The number of benzene rings is 1. The molecule has 1 aliphatic heterocycles. The molecule has 1 aliphatic rings. The van der Waals surface area contributed by atoms with E-state index in [0.29, 0.717) is 26.2 Å². The van der Waals surface area contributed by atoms with Crippen molar-refractivity contribution in [3.63, 3.8) is 0 Å². The normalized spacial score (nSPS) is 14.7. The molecule has 0 unspecified atom stereocenters. The molecule has 1 saturated heterocycles. The van der Waals surface area contributed by atoms with E-state index in [1.165, 1.54) is 22.7 Å². The van der Waals surface area contributed by atoms with Crippen LogP contribution in [0.3, 0.4) is 0 Å². The topological polar surface area (TPSA) is 53.5 Å². The summed E-state index contributed by atoms with van der Waals surface area (Å²) in [4.78, 5) is 35.2. The highest BCUT2D eigenvalue weighted by molar-refractivity contribution is 7.23. The Bertz CT molecular complexity index is 1070. The molecular formula is C23H24ClN3O2S2. The van der Waals surface area contributed by atoms with Crippen LogP contribution >= 0.6 is 34.3 Å². The van der Waals surface area contributed by atoms with Crippen molar-refractivity contribution < 1.29 is 9.59 Å². The summed E-state index contributed by atoms with van der Waals surface area (Å²) in [6.07, 6.45) is 0.277. The zero-order valence-electron chi connectivity index (χ0n) is 17.5. The van der Waals surface area contributed by atoms with Crippen molar-refractivity contribution in [2.24, 2.45) is 0 Å². The zero-order valence-corrected chi connectivity index (χ0v) is 19.9. The van der Waals surface area contributed by atoms with E-state index in [9.17, 15) is 9.59 Å². The molecule has 1 fully saturated rings. The monoisotopic (exact) mass is 473 g/mol. The van der Waals surface area contributed by atoms with Gasteiger partial charge in [0.05, 0.1) is 26.7 Å². The maximum absolute atomic E-state index is 13.1. The standard InChI is InChI=1S/C23H24ClN3O2S2/c1-23(2,16-6-4-3-5-7-16)22(29)27-12-10-26(11-13-27)20(28)14-17-15-30-21(25-17)18-8-9-19(24)31-18/h3-9,15H,10-14H2,1-2H3. The number of hydrogen-bond acceptors (Lipinski definition) is 5. The van der Waals surface area contributed by atoms with Crippen LogP contribution in [0, 0.1) is 0 Å². The van der Waals surface area contributed by atoms with Crippen LogP contribution in [0.4, 0.5) is 0 Å². The molecule has 162 valence electrons. The Morgan fingerprint density at radius 2 is 1.71 bits per heavy atom. The molecule has 1 aromatic carbocycles. The van der Waals surface area contributed by atoms with Gasteiger partial charge in [0, 0.05) is 31.6 Å². The van der Waals surface area contributed by atoms with Crippen molar-refractivity contribution in [1.29, 1.82) is 0 Å². The lowest BCUT2D eigenvalue weighted by Crippen LogP contribution is -2.54. The van der Waals surface area contributed by atoms with Crippen molar-refractivity contribution in [2.45, 2.75) is 25.7 Å². The highest BCUT2D eigenvalue weighted by Gasteiger charge is 2.35. The number of thiophene rings is 1. The Hall–Kier alpha value is -2.22. The average molecular weight is 474 g/mol. The minimum absolute atomic E-state index is 0.0514. The van der Waals surface area contributed by atoms with Gasteiger partial charge in [-0.1, -0.05) is 41.9 Å². The van der Waals surface area contributed by atoms with E-state index in [-0.39, 0.29) is 18.2 Å². The number of carbonyl (C=O) groups is 2. The average Bonchev–Trinajstić information content (AvgIpc) is 3.42. The fraction of sp³-hybridized carbons (Fsp3) is 0.348. The summed E-state index contributed by atoms with van der Waals surface area (Å²) in [7, 11) is 0. The SMILES string of the molecule is CC(C)(C(=O)N1CCN(C(=O)Cc2csc(-c3ccc(Cl)s3)n2)CC1)c1ccccc1. The summed E-state index contributed by atoms with van der Waals surface area (Å²) in [6, 6.07) is 13.7. The van der Waals surface area contributed by atoms with Gasteiger partial charge >= 0.3 is 0 Å². The maximum Gasteiger partial charge on any atom is 0.232 e. The highest BCUT2D eigenvalue weighted by Crippen LogP contribution is 2.33. The molecule has 0 radical (unpaired) electrons. The Morgan fingerprint density at radius 1 is 1.03 bits per heavy atom. The number of nitrogens with zero attached hydrogens (tertiary/aromatic N) is 3. The fourth-order valence-corrected chi connectivity index (χ4v) is 5.66. The molecule has 5 nitrogen and oxygen atoms in total. The number of halogens is 1. The molecule has 3 heterocycles. The number of piperazine rings is 1. The number of carbonyl (C=O) groups excluding carboxylic acids is 2. The van der Waals surface area contributed by atoms with Gasteiger partial charge in [0.1, 0.15) is 5.01 Å². The van der Waals surface area contributed by atoms with E-state index >= 15 is 0 Å². The molecule has 2 aromatic heterocycles. The smallest absolute Gasteiger partial charge is 0.232 e. The summed E-state index contributed by atoms with van der Waals surface area (Å²) >= 11 is 9.02. The van der Waals surface area contributed by atoms with Crippen LogP contribution in [-0.2, 0) is 21.4 Å². The molecule has 3 aromatic rings. The van der Waals surface area contributed by atoms with Crippen LogP contribution in [-0.4, -0.2) is 52.8 Å². The van der Waals surface area contributed by atoms with Crippen LogP contribution in [0.2, 0.25) is 4.34 Å². The van der Waals surface area contributed by atoms with Crippen LogP contribution in [0.5, 0.6) is 0 Å². The molecule has 31 heavy (non-hydrogen) atoms. The van der Waals surface area contributed by atoms with Crippen molar-refractivity contribution in [2.75, 3.05) is 26.2 Å². The molecular weight excluding hydrogens is 450 g/mol. The molecule has 0 N–H and O–H groups in total. The largest absolute Gasteiger partial charge is 0.339 e. The van der Waals surface area contributed by atoms with Crippen LogP contribution in [0.15, 0.2) is 47.8 Å². The Balaban J connectivity index is 1.33. The molecule has 4 rings (SSSR count). The predicted molar refractivity (Wildman–Crippen MR) is 127 cm³/mol. The fourth-order valence-electron chi connectivity index (χ4n) is 3.73. The first kappa shape index (κ1) is 22.0. The first-order chi connectivity index (χ1) is 14.8. The van der Waals surface area contributed by atoms with E-state index < -0.39 is 5.41 Å². The van der Waals surface area contributed by atoms with E-state index in [0.717, 1.165) is 25.5 Å². The second-order valence-electron chi connectivity index (χ2n) is 8.09. The minimum Gasteiger partial charge on any atom is -0.339 e. The van der Waals surface area contributed by atoms with E-state index in [1.807, 2.05) is 71.5 Å². The lowest BCUT2D eigenvalue weighted by atomic mass is 9.83. The van der Waals surface area contributed by atoms with Gasteiger partial charge in [-0.25, -0.2) is 4.98 Å². The summed E-state index contributed by atoms with van der Waals surface area (Å²) in [5.74, 6) is 0.153. The van der Waals surface area contributed by atoms with Gasteiger partial charge < -0.3 is 9.80 Å². The predicted octanol–water partition coefficient (Wildman–Crippen LogP) is 4.72. The van der Waals surface area contributed by atoms with Gasteiger partial charge in [0.25, 0.3) is 0 Å². The molecule has 0 saturated carbocycles. The Labute approximate surface area is 195 Å². The van der Waals surface area contributed by atoms with E-state index in [4.69, 9.17) is 11.6 Å². The van der Waals surface area contributed by atoms with Gasteiger partial charge in [-0.05, 0) is 31.5 Å². The number of rotatable bonds is 5. The molecule has 0 spiro atoms. The number of hydrogen-bond donors (Lipinski definition) is 0. The van der Waals surface area contributed by atoms with Crippen molar-refractivity contribution in [3.05, 3.63) is 63.4 Å². The Morgan fingerprint density at radius 3 is 2.35 bits per heavy atom. The lowest BCUT2D eigenvalue weighted by molar-refractivity contribution is -0.142. The second-order valence-corrected chi connectivity index (χ2v) is 10.7. The molecule has 0 aliphatic carbocycles. The first-order valence-electron chi connectivity index (χ1n) is 10.2. The Kier molecular flexibility index (Phi) is 6.46. The minimum atomic E-state index is -0.588. The second kappa shape index (κ2) is 9.10. The van der Waals surface area contributed by atoms with Gasteiger partial charge in [-0.15, -0.1) is 22.7 Å². The van der Waals surface area contributed by atoms with Crippen LogP contribution < -0.4 is 0 Å². The summed E-state index contributed by atoms with van der Waals surface area (Å²) in [5.41, 5.74) is 1.19. The third kappa shape index (κ3) is 4.84. The van der Waals surface area contributed by atoms with E-state index in [2.05, 4.69) is 4.98 Å². The summed E-state index contributed by atoms with van der Waals surface area (Å²) < 4.78 is 0.727. The third-order valence-electron chi connectivity index (χ3n) is 5.62. The first-order valence-corrected chi connectivity index (χ1v) is 12.2. The molecule has 0 atom stereocenters. The third-order valence-corrected chi connectivity index (χ3v) is 7.91. The zero-order chi connectivity index (χ0) is 22.0. The van der Waals surface area contributed by atoms with Gasteiger partial charge in [-0.3, -0.25) is 9.59 Å². The van der Waals surface area contributed by atoms with Crippen LogP contribution in [0.25, 0.3) is 9.88 Å². The lowest BCUT2D eigenvalue weighted by Gasteiger charge is -2.38. The number of thiazole rings is 1. The maximum atomic E-state index is 13.1. The van der Waals surface area contributed by atoms with Gasteiger partial charge in [-0.2, -0.15) is 0 Å². The summed E-state index contributed by atoms with van der Waals surface area (Å²) in [6.45, 7) is 6.12. The number of aromatic nitrogens is 1. The van der Waals surface area contributed by atoms with Gasteiger partial charge in [0.2, 0.25) is 11.8 Å². The van der Waals surface area contributed by atoms with E-state index in [1.54, 1.807) is 0 Å². The molecule has 8 heteroatoms. The molecule has 0 bridgehead atoms.